The molecule has 5 rings (SSSR count). The van der Waals surface area contributed by atoms with Crippen molar-refractivity contribution in [2.75, 3.05) is 18.4 Å². The predicted octanol–water partition coefficient (Wildman–Crippen LogP) is 5.11. The molecular weight excluding hydrogens is 532 g/mol. The molecule has 2 N–H and O–H groups in total. The second-order valence-corrected chi connectivity index (χ2v) is 8.98. The number of hydrogen-bond acceptors (Lipinski definition) is 6. The van der Waals surface area contributed by atoms with Crippen LogP contribution in [0.5, 0.6) is 0 Å². The number of halogens is 4. The lowest BCUT2D eigenvalue weighted by Crippen LogP contribution is -2.35. The van der Waals surface area contributed by atoms with Crippen molar-refractivity contribution >= 4 is 65.0 Å². The van der Waals surface area contributed by atoms with Crippen LogP contribution in [-0.2, 0) is 13.1 Å². The summed E-state index contributed by atoms with van der Waals surface area (Å²) in [6, 6.07) is 11.6. The van der Waals surface area contributed by atoms with Crippen LogP contribution in [0.4, 0.5) is 5.95 Å². The minimum atomic E-state index is -0.204. The summed E-state index contributed by atoms with van der Waals surface area (Å²) in [6.45, 7) is 3.14. The van der Waals surface area contributed by atoms with E-state index in [1.54, 1.807) is 18.3 Å². The maximum atomic E-state index is 12.9. The van der Waals surface area contributed by atoms with Crippen LogP contribution in [0, 0.1) is 0 Å². The third-order valence-corrected chi connectivity index (χ3v) is 6.65. The predicted molar refractivity (Wildman–Crippen MR) is 144 cm³/mol. The Kier molecular flexibility index (Phi) is 9.38. The Bertz CT molecular complexity index is 1320. The van der Waals surface area contributed by atoms with E-state index in [9.17, 15) is 4.79 Å². The zero-order chi connectivity index (χ0) is 22.8. The first-order valence-corrected chi connectivity index (χ1v) is 11.6. The van der Waals surface area contributed by atoms with Crippen molar-refractivity contribution in [2.24, 2.45) is 0 Å². The number of rotatable bonds is 6. The van der Waals surface area contributed by atoms with Gasteiger partial charge >= 0.3 is 0 Å². The van der Waals surface area contributed by atoms with Crippen LogP contribution in [0.15, 0.2) is 53.6 Å². The minimum absolute atomic E-state index is 0. The maximum Gasteiger partial charge on any atom is 0.278 e. The lowest BCUT2D eigenvalue weighted by atomic mass is 10.0. The van der Waals surface area contributed by atoms with Crippen molar-refractivity contribution in [2.45, 2.75) is 32.0 Å². The molecule has 0 amide bonds. The van der Waals surface area contributed by atoms with Crippen LogP contribution in [0.1, 0.15) is 30.1 Å². The molecule has 1 aromatic carbocycles. The Morgan fingerprint density at radius 3 is 2.60 bits per heavy atom. The number of pyridine rings is 1. The van der Waals surface area contributed by atoms with Gasteiger partial charge in [-0.1, -0.05) is 35.3 Å². The Morgan fingerprint density at radius 1 is 1.09 bits per heavy atom. The van der Waals surface area contributed by atoms with E-state index in [4.69, 9.17) is 23.2 Å². The zero-order valence-corrected chi connectivity index (χ0v) is 21.8. The van der Waals surface area contributed by atoms with Gasteiger partial charge in [-0.2, -0.15) is 5.10 Å². The molecule has 12 heteroatoms. The van der Waals surface area contributed by atoms with Gasteiger partial charge in [0, 0.05) is 32.4 Å². The number of hydrogen-bond donors (Lipinski definition) is 2. The summed E-state index contributed by atoms with van der Waals surface area (Å²) >= 11 is 12.0. The molecule has 8 nitrogen and oxygen atoms in total. The Morgan fingerprint density at radius 2 is 1.89 bits per heavy atom. The fraction of sp³-hybridized carbons (Fsp3) is 0.304. The number of anilines is 1. The third-order valence-electron chi connectivity index (χ3n) is 5.91. The van der Waals surface area contributed by atoms with Crippen LogP contribution < -0.4 is 10.9 Å². The van der Waals surface area contributed by atoms with Gasteiger partial charge in [-0.3, -0.25) is 24.3 Å². The quantitative estimate of drug-likeness (QED) is 0.343. The van der Waals surface area contributed by atoms with E-state index in [2.05, 4.69) is 30.3 Å². The monoisotopic (exact) mass is 555 g/mol. The van der Waals surface area contributed by atoms with Gasteiger partial charge < -0.3 is 5.32 Å². The molecule has 35 heavy (non-hydrogen) atoms. The summed E-state index contributed by atoms with van der Waals surface area (Å²) in [5, 5.41) is 8.64. The minimum Gasteiger partial charge on any atom is -0.352 e. The van der Waals surface area contributed by atoms with E-state index in [1.165, 1.54) is 0 Å². The number of fused-ring (bicyclic) bond motifs is 1. The standard InChI is InChI=1S/C23H23Cl2N7O.2ClH/c24-18-5-4-15(11-19(18)25)12-27-23-29-20-13-28-32(21(20)22(33)30-23)17-6-9-31(10-7-17)14-16-3-1-2-8-26-16;;/h1-5,8,11,13,17H,6-7,9-10,12,14H2,(H2,27,29,30,33);2*1H. The first kappa shape index (κ1) is 27.2. The van der Waals surface area contributed by atoms with E-state index in [0.29, 0.717) is 33.6 Å². The smallest absolute Gasteiger partial charge is 0.278 e. The first-order chi connectivity index (χ1) is 16.1. The summed E-state index contributed by atoms with van der Waals surface area (Å²) in [4.78, 5) is 27.1. The first-order valence-electron chi connectivity index (χ1n) is 10.8. The zero-order valence-electron chi connectivity index (χ0n) is 18.7. The Balaban J connectivity index is 0.00000171. The van der Waals surface area contributed by atoms with Crippen molar-refractivity contribution in [3.05, 3.63) is 80.4 Å². The highest BCUT2D eigenvalue weighted by atomic mass is 35.5. The second kappa shape index (κ2) is 12.1. The van der Waals surface area contributed by atoms with Crippen molar-refractivity contribution in [3.63, 3.8) is 0 Å². The number of H-pyrrole nitrogens is 1. The average molecular weight is 557 g/mol. The number of nitrogens with zero attached hydrogens (tertiary/aromatic N) is 5. The van der Waals surface area contributed by atoms with Gasteiger partial charge in [0.05, 0.1) is 28.0 Å². The molecule has 0 atom stereocenters. The average Bonchev–Trinajstić information content (AvgIpc) is 3.26. The summed E-state index contributed by atoms with van der Waals surface area (Å²) in [5.41, 5.74) is 2.89. The molecule has 0 aliphatic carbocycles. The van der Waals surface area contributed by atoms with Gasteiger partial charge in [0.1, 0.15) is 5.52 Å². The molecule has 1 aliphatic rings. The van der Waals surface area contributed by atoms with Gasteiger partial charge in [0.15, 0.2) is 5.52 Å². The van der Waals surface area contributed by atoms with Crippen LogP contribution in [0.2, 0.25) is 10.0 Å². The van der Waals surface area contributed by atoms with Gasteiger partial charge in [-0.25, -0.2) is 4.98 Å². The topological polar surface area (TPSA) is 91.7 Å². The summed E-state index contributed by atoms with van der Waals surface area (Å²) in [6.07, 6.45) is 5.32. The number of piperidine rings is 1. The third kappa shape index (κ3) is 6.26. The molecule has 4 aromatic rings. The van der Waals surface area contributed by atoms with Crippen molar-refractivity contribution in [3.8, 4) is 0 Å². The van der Waals surface area contributed by atoms with E-state index < -0.39 is 0 Å². The highest BCUT2D eigenvalue weighted by Crippen LogP contribution is 2.26. The molecule has 0 radical (unpaired) electrons. The second-order valence-electron chi connectivity index (χ2n) is 8.17. The molecule has 0 saturated carbocycles. The van der Waals surface area contributed by atoms with E-state index >= 15 is 0 Å². The van der Waals surface area contributed by atoms with Crippen molar-refractivity contribution < 1.29 is 0 Å². The number of aromatic amines is 1. The molecule has 0 unspecified atom stereocenters. The molecule has 1 saturated heterocycles. The van der Waals surface area contributed by atoms with Crippen LogP contribution in [0.25, 0.3) is 11.0 Å². The molecular formula is C23H25Cl4N7O. The van der Waals surface area contributed by atoms with E-state index in [0.717, 1.165) is 43.7 Å². The maximum absolute atomic E-state index is 12.9. The van der Waals surface area contributed by atoms with Crippen molar-refractivity contribution in [1.82, 2.24) is 29.6 Å². The number of likely N-dealkylation sites (tertiary alicyclic amines) is 1. The normalized spacial score (nSPS) is 14.3. The number of aromatic nitrogens is 5. The van der Waals surface area contributed by atoms with E-state index in [-0.39, 0.29) is 36.4 Å². The summed E-state index contributed by atoms with van der Waals surface area (Å²) < 4.78 is 1.84. The highest BCUT2D eigenvalue weighted by molar-refractivity contribution is 6.42. The van der Waals surface area contributed by atoms with Crippen LogP contribution in [0.3, 0.4) is 0 Å². The molecule has 1 aliphatic heterocycles. The SMILES string of the molecule is Cl.Cl.O=c1[nH]c(NCc2ccc(Cl)c(Cl)c2)nc2cnn(C3CCN(Cc4ccccn4)CC3)c12. The van der Waals surface area contributed by atoms with Crippen LogP contribution in [-0.4, -0.2) is 42.7 Å². The lowest BCUT2D eigenvalue weighted by molar-refractivity contribution is 0.174. The largest absolute Gasteiger partial charge is 0.352 e. The van der Waals surface area contributed by atoms with Gasteiger partial charge in [0.25, 0.3) is 5.56 Å². The molecule has 1 fully saturated rings. The van der Waals surface area contributed by atoms with Gasteiger partial charge in [-0.15, -0.1) is 24.8 Å². The summed E-state index contributed by atoms with van der Waals surface area (Å²) in [7, 11) is 0. The van der Waals surface area contributed by atoms with E-state index in [1.807, 2.05) is 35.1 Å². The van der Waals surface area contributed by atoms with Crippen LogP contribution >= 0.6 is 48.0 Å². The molecule has 3 aromatic heterocycles. The van der Waals surface area contributed by atoms with Gasteiger partial charge in [0.2, 0.25) is 5.95 Å². The molecule has 186 valence electrons. The number of benzene rings is 1. The fourth-order valence-electron chi connectivity index (χ4n) is 4.21. The highest BCUT2D eigenvalue weighted by Gasteiger charge is 2.24. The number of nitrogens with one attached hydrogen (secondary N) is 2. The van der Waals surface area contributed by atoms with Crippen molar-refractivity contribution in [1.29, 1.82) is 0 Å². The lowest BCUT2D eigenvalue weighted by Gasteiger charge is -2.31. The van der Waals surface area contributed by atoms with Gasteiger partial charge in [-0.05, 0) is 42.7 Å². The Labute approximate surface area is 224 Å². The molecule has 0 bridgehead atoms. The fourth-order valence-corrected chi connectivity index (χ4v) is 4.53. The molecule has 4 heterocycles. The molecule has 0 spiro atoms. The summed E-state index contributed by atoms with van der Waals surface area (Å²) in [5.74, 6) is 0.392. The Hall–Kier alpha value is -2.36.